The van der Waals surface area contributed by atoms with Crippen LogP contribution in [0.1, 0.15) is 39.5 Å². The predicted octanol–water partition coefficient (Wildman–Crippen LogP) is 2.39. The minimum atomic E-state index is -2.85. The van der Waals surface area contributed by atoms with E-state index in [2.05, 4.69) is 25.2 Å². The first-order valence-corrected chi connectivity index (χ1v) is 9.42. The standard InChI is InChI=1S/C15H27NO2S/c1-12-5-4-6-13(2)14(12)9-16-10-15(7-8-15)11-19(3,17)18/h5,13-14,16H,4,6-11H2,1-3H3/t13-,14+/m1/s1. The fourth-order valence-electron chi connectivity index (χ4n) is 3.34. The van der Waals surface area contributed by atoms with Crippen molar-refractivity contribution in [3.8, 4) is 0 Å². The Kier molecular flexibility index (Phi) is 4.41. The molecule has 2 aliphatic rings. The quantitative estimate of drug-likeness (QED) is 0.762. The van der Waals surface area contributed by atoms with Gasteiger partial charge in [0, 0.05) is 19.3 Å². The lowest BCUT2D eigenvalue weighted by molar-refractivity contribution is 0.339. The van der Waals surface area contributed by atoms with E-state index in [9.17, 15) is 8.42 Å². The second-order valence-corrected chi connectivity index (χ2v) is 8.95. The summed E-state index contributed by atoms with van der Waals surface area (Å²) in [5.74, 6) is 1.72. The van der Waals surface area contributed by atoms with Crippen LogP contribution in [0.4, 0.5) is 0 Å². The molecule has 0 bridgehead atoms. The van der Waals surface area contributed by atoms with E-state index in [1.165, 1.54) is 24.7 Å². The summed E-state index contributed by atoms with van der Waals surface area (Å²) in [6, 6.07) is 0. The third kappa shape index (κ3) is 4.32. The Labute approximate surface area is 117 Å². The summed E-state index contributed by atoms with van der Waals surface area (Å²) in [5, 5.41) is 3.54. The Hall–Kier alpha value is -0.350. The highest BCUT2D eigenvalue weighted by Gasteiger charge is 2.44. The van der Waals surface area contributed by atoms with E-state index < -0.39 is 9.84 Å². The van der Waals surface area contributed by atoms with Gasteiger partial charge in [-0.25, -0.2) is 8.42 Å². The van der Waals surface area contributed by atoms with E-state index in [0.717, 1.165) is 31.8 Å². The highest BCUT2D eigenvalue weighted by Crippen LogP contribution is 2.46. The van der Waals surface area contributed by atoms with Crippen molar-refractivity contribution in [1.82, 2.24) is 5.32 Å². The summed E-state index contributed by atoms with van der Waals surface area (Å²) in [5.41, 5.74) is 1.54. The van der Waals surface area contributed by atoms with Crippen molar-refractivity contribution in [3.05, 3.63) is 11.6 Å². The summed E-state index contributed by atoms with van der Waals surface area (Å²) < 4.78 is 22.8. The second kappa shape index (κ2) is 5.57. The number of sulfone groups is 1. The largest absolute Gasteiger partial charge is 0.316 e. The topological polar surface area (TPSA) is 46.2 Å². The molecule has 0 aliphatic heterocycles. The Morgan fingerprint density at radius 1 is 1.42 bits per heavy atom. The monoisotopic (exact) mass is 285 g/mol. The van der Waals surface area contributed by atoms with Gasteiger partial charge in [-0.05, 0) is 49.9 Å². The van der Waals surface area contributed by atoms with Crippen molar-refractivity contribution < 1.29 is 8.42 Å². The number of rotatable bonds is 6. The summed E-state index contributed by atoms with van der Waals surface area (Å²) in [4.78, 5) is 0. The van der Waals surface area contributed by atoms with Crippen molar-refractivity contribution in [1.29, 1.82) is 0 Å². The molecule has 0 aromatic carbocycles. The molecule has 0 unspecified atom stereocenters. The molecule has 0 amide bonds. The van der Waals surface area contributed by atoms with Gasteiger partial charge in [0.15, 0.2) is 0 Å². The molecule has 19 heavy (non-hydrogen) atoms. The fraction of sp³-hybridized carbons (Fsp3) is 0.867. The maximum Gasteiger partial charge on any atom is 0.148 e. The van der Waals surface area contributed by atoms with E-state index in [1.54, 1.807) is 0 Å². The van der Waals surface area contributed by atoms with Crippen molar-refractivity contribution in [2.75, 3.05) is 25.1 Å². The molecule has 0 spiro atoms. The van der Waals surface area contributed by atoms with Crippen molar-refractivity contribution in [2.24, 2.45) is 17.3 Å². The Morgan fingerprint density at radius 3 is 2.63 bits per heavy atom. The van der Waals surface area contributed by atoms with Gasteiger partial charge in [-0.3, -0.25) is 0 Å². The summed E-state index contributed by atoms with van der Waals surface area (Å²) in [6.07, 6.45) is 8.31. The van der Waals surface area contributed by atoms with E-state index in [0.29, 0.717) is 11.7 Å². The molecule has 0 radical (unpaired) electrons. The van der Waals surface area contributed by atoms with Crippen molar-refractivity contribution >= 4 is 9.84 Å². The van der Waals surface area contributed by atoms with Gasteiger partial charge in [-0.2, -0.15) is 0 Å². The van der Waals surface area contributed by atoms with E-state index in [1.807, 2.05) is 0 Å². The minimum absolute atomic E-state index is 0.0447. The average Bonchev–Trinajstić information content (AvgIpc) is 3.00. The molecule has 0 aromatic heterocycles. The van der Waals surface area contributed by atoms with E-state index in [-0.39, 0.29) is 5.41 Å². The summed E-state index contributed by atoms with van der Waals surface area (Å²) in [6.45, 7) is 6.41. The lowest BCUT2D eigenvalue weighted by atomic mass is 9.80. The molecule has 1 fully saturated rings. The van der Waals surface area contributed by atoms with Gasteiger partial charge in [-0.15, -0.1) is 0 Å². The molecule has 4 heteroatoms. The predicted molar refractivity (Wildman–Crippen MR) is 79.9 cm³/mol. The van der Waals surface area contributed by atoms with Gasteiger partial charge in [0.1, 0.15) is 9.84 Å². The molecule has 1 N–H and O–H groups in total. The number of nitrogens with one attached hydrogen (secondary N) is 1. The van der Waals surface area contributed by atoms with E-state index >= 15 is 0 Å². The third-order valence-electron chi connectivity index (χ3n) is 4.75. The molecule has 2 aliphatic carbocycles. The first-order chi connectivity index (χ1) is 8.81. The van der Waals surface area contributed by atoms with Crippen molar-refractivity contribution in [2.45, 2.75) is 39.5 Å². The Morgan fingerprint density at radius 2 is 2.11 bits per heavy atom. The molecule has 110 valence electrons. The van der Waals surface area contributed by atoms with Crippen LogP contribution >= 0.6 is 0 Å². The zero-order chi connectivity index (χ0) is 14.1. The van der Waals surface area contributed by atoms with Gasteiger partial charge < -0.3 is 5.32 Å². The average molecular weight is 285 g/mol. The smallest absolute Gasteiger partial charge is 0.148 e. The van der Waals surface area contributed by atoms with Crippen LogP contribution < -0.4 is 5.32 Å². The number of hydrogen-bond acceptors (Lipinski definition) is 3. The van der Waals surface area contributed by atoms with Gasteiger partial charge in [0.05, 0.1) is 5.75 Å². The molecule has 2 atom stereocenters. The van der Waals surface area contributed by atoms with Gasteiger partial charge in [0.25, 0.3) is 0 Å². The maximum absolute atomic E-state index is 11.4. The van der Waals surface area contributed by atoms with Crippen LogP contribution in [0.15, 0.2) is 11.6 Å². The lowest BCUT2D eigenvalue weighted by Gasteiger charge is -2.29. The summed E-state index contributed by atoms with van der Waals surface area (Å²) in [7, 11) is -2.85. The van der Waals surface area contributed by atoms with Gasteiger partial charge in [0.2, 0.25) is 0 Å². The first-order valence-electron chi connectivity index (χ1n) is 7.36. The van der Waals surface area contributed by atoms with Crippen LogP contribution in [0.3, 0.4) is 0 Å². The SMILES string of the molecule is CC1=CCC[C@@H](C)[C@H]1CNCC1(CS(C)(=O)=O)CC1. The van der Waals surface area contributed by atoms with Gasteiger partial charge in [-0.1, -0.05) is 18.6 Å². The second-order valence-electron chi connectivity index (χ2n) is 6.81. The van der Waals surface area contributed by atoms with Crippen LogP contribution in [0.25, 0.3) is 0 Å². The van der Waals surface area contributed by atoms with Crippen LogP contribution in [-0.2, 0) is 9.84 Å². The zero-order valence-electron chi connectivity index (χ0n) is 12.4. The highest BCUT2D eigenvalue weighted by atomic mass is 32.2. The normalized spacial score (nSPS) is 29.9. The molecular weight excluding hydrogens is 258 g/mol. The molecule has 0 aromatic rings. The lowest BCUT2D eigenvalue weighted by Crippen LogP contribution is -2.35. The fourth-order valence-corrected chi connectivity index (χ4v) is 4.84. The van der Waals surface area contributed by atoms with Gasteiger partial charge >= 0.3 is 0 Å². The van der Waals surface area contributed by atoms with Crippen LogP contribution in [0.2, 0.25) is 0 Å². The molecule has 0 saturated heterocycles. The van der Waals surface area contributed by atoms with Crippen LogP contribution in [0, 0.1) is 17.3 Å². The minimum Gasteiger partial charge on any atom is -0.316 e. The molecule has 1 saturated carbocycles. The summed E-state index contributed by atoms with van der Waals surface area (Å²) >= 11 is 0. The van der Waals surface area contributed by atoms with E-state index in [4.69, 9.17) is 0 Å². The van der Waals surface area contributed by atoms with Crippen LogP contribution in [0.5, 0.6) is 0 Å². The zero-order valence-corrected chi connectivity index (χ0v) is 13.2. The molecule has 2 rings (SSSR count). The molecule has 0 heterocycles. The molecule has 3 nitrogen and oxygen atoms in total. The van der Waals surface area contributed by atoms with Crippen molar-refractivity contribution in [3.63, 3.8) is 0 Å². The Bertz CT molecular complexity index is 449. The van der Waals surface area contributed by atoms with Crippen LogP contribution in [-0.4, -0.2) is 33.5 Å². The molecular formula is C15H27NO2S. The third-order valence-corrected chi connectivity index (χ3v) is 5.89. The number of hydrogen-bond donors (Lipinski definition) is 1. The highest BCUT2D eigenvalue weighted by molar-refractivity contribution is 7.90. The Balaban J connectivity index is 1.81. The first kappa shape index (κ1) is 15.0. The maximum atomic E-state index is 11.4. The number of allylic oxidation sites excluding steroid dienone is 1.